The van der Waals surface area contributed by atoms with Crippen LogP contribution >= 0.6 is 0 Å². The smallest absolute Gasteiger partial charge is 0.322 e. The van der Waals surface area contributed by atoms with Crippen molar-refractivity contribution in [1.82, 2.24) is 20.9 Å². The van der Waals surface area contributed by atoms with Crippen molar-refractivity contribution in [3.05, 3.63) is 0 Å². The molecule has 0 aromatic heterocycles. The lowest BCUT2D eigenvalue weighted by atomic mass is 9.88. The standard InChI is InChI=1S/C11H16N4O4/c1-7(16)12-6-8(17)15-4-2-11(3-5-15)9(18)13-10(19)14-11/h2-6H2,1H3,(H,12,16)(H2,13,14,18,19). The van der Waals surface area contributed by atoms with E-state index in [4.69, 9.17) is 0 Å². The van der Waals surface area contributed by atoms with Crippen LogP contribution < -0.4 is 16.0 Å². The zero-order valence-electron chi connectivity index (χ0n) is 10.6. The van der Waals surface area contributed by atoms with Crippen molar-refractivity contribution in [3.8, 4) is 0 Å². The Bertz CT molecular complexity index is 440. The minimum Gasteiger partial charge on any atom is -0.347 e. The number of imide groups is 1. The summed E-state index contributed by atoms with van der Waals surface area (Å²) in [6.45, 7) is 2.07. The van der Waals surface area contributed by atoms with E-state index < -0.39 is 11.6 Å². The fourth-order valence-corrected chi connectivity index (χ4v) is 2.33. The molecule has 8 nitrogen and oxygen atoms in total. The van der Waals surface area contributed by atoms with Gasteiger partial charge in [-0.1, -0.05) is 0 Å². The molecule has 104 valence electrons. The number of carbonyl (C=O) groups excluding carboxylic acids is 4. The maximum absolute atomic E-state index is 11.8. The predicted octanol–water partition coefficient (Wildman–Crippen LogP) is -1.68. The number of hydrogen-bond donors (Lipinski definition) is 3. The SMILES string of the molecule is CC(=O)NCC(=O)N1CCC2(CC1)NC(=O)NC2=O. The van der Waals surface area contributed by atoms with E-state index in [2.05, 4.69) is 16.0 Å². The van der Waals surface area contributed by atoms with Crippen molar-refractivity contribution in [3.63, 3.8) is 0 Å². The Morgan fingerprint density at radius 2 is 1.95 bits per heavy atom. The van der Waals surface area contributed by atoms with Crippen LogP contribution in [0, 0.1) is 0 Å². The number of likely N-dealkylation sites (tertiary alicyclic amines) is 1. The second-order valence-corrected chi connectivity index (χ2v) is 4.78. The number of nitrogens with zero attached hydrogens (tertiary/aromatic N) is 1. The lowest BCUT2D eigenvalue weighted by Gasteiger charge is -2.36. The highest BCUT2D eigenvalue weighted by molar-refractivity contribution is 6.07. The molecule has 2 aliphatic rings. The van der Waals surface area contributed by atoms with Crippen LogP contribution in [0.4, 0.5) is 4.79 Å². The molecule has 5 amide bonds. The number of amides is 5. The highest BCUT2D eigenvalue weighted by Gasteiger charge is 2.48. The lowest BCUT2D eigenvalue weighted by Crippen LogP contribution is -2.56. The monoisotopic (exact) mass is 268 g/mol. The van der Waals surface area contributed by atoms with Gasteiger partial charge in [-0.15, -0.1) is 0 Å². The molecule has 2 saturated heterocycles. The number of piperidine rings is 1. The Balaban J connectivity index is 1.89. The second kappa shape index (κ2) is 4.87. The molecule has 0 saturated carbocycles. The number of urea groups is 1. The fraction of sp³-hybridized carbons (Fsp3) is 0.636. The van der Waals surface area contributed by atoms with Crippen LogP contribution in [0.5, 0.6) is 0 Å². The summed E-state index contributed by atoms with van der Waals surface area (Å²) in [5.41, 5.74) is -0.873. The largest absolute Gasteiger partial charge is 0.347 e. The molecular weight excluding hydrogens is 252 g/mol. The van der Waals surface area contributed by atoms with Gasteiger partial charge in [0, 0.05) is 20.0 Å². The third-order valence-electron chi connectivity index (χ3n) is 3.47. The summed E-state index contributed by atoms with van der Waals surface area (Å²) < 4.78 is 0. The van der Waals surface area contributed by atoms with Crippen LogP contribution in [-0.2, 0) is 14.4 Å². The third kappa shape index (κ3) is 2.67. The summed E-state index contributed by atoms with van der Waals surface area (Å²) in [5.74, 6) is -0.773. The maximum atomic E-state index is 11.8. The van der Waals surface area contributed by atoms with Gasteiger partial charge in [-0.2, -0.15) is 0 Å². The van der Waals surface area contributed by atoms with E-state index in [9.17, 15) is 19.2 Å². The van der Waals surface area contributed by atoms with Gasteiger partial charge >= 0.3 is 6.03 Å². The van der Waals surface area contributed by atoms with Crippen LogP contribution in [0.15, 0.2) is 0 Å². The van der Waals surface area contributed by atoms with Crippen molar-refractivity contribution in [2.75, 3.05) is 19.6 Å². The van der Waals surface area contributed by atoms with Crippen molar-refractivity contribution < 1.29 is 19.2 Å². The third-order valence-corrected chi connectivity index (χ3v) is 3.47. The van der Waals surface area contributed by atoms with E-state index in [1.807, 2.05) is 0 Å². The summed E-state index contributed by atoms with van der Waals surface area (Å²) >= 11 is 0. The Morgan fingerprint density at radius 1 is 1.32 bits per heavy atom. The molecule has 0 atom stereocenters. The van der Waals surface area contributed by atoms with Gasteiger partial charge in [-0.3, -0.25) is 19.7 Å². The van der Waals surface area contributed by atoms with E-state index in [0.29, 0.717) is 25.9 Å². The van der Waals surface area contributed by atoms with Crippen molar-refractivity contribution in [1.29, 1.82) is 0 Å². The Hall–Kier alpha value is -2.12. The van der Waals surface area contributed by atoms with E-state index in [1.165, 1.54) is 6.92 Å². The molecule has 0 aromatic carbocycles. The van der Waals surface area contributed by atoms with Crippen LogP contribution in [-0.4, -0.2) is 53.8 Å². The summed E-state index contributed by atoms with van der Waals surface area (Å²) in [7, 11) is 0. The molecule has 0 bridgehead atoms. The second-order valence-electron chi connectivity index (χ2n) is 4.78. The van der Waals surface area contributed by atoms with E-state index in [0.717, 1.165) is 0 Å². The molecule has 3 N–H and O–H groups in total. The quantitative estimate of drug-likeness (QED) is 0.520. The van der Waals surface area contributed by atoms with Crippen LogP contribution in [0.25, 0.3) is 0 Å². The maximum Gasteiger partial charge on any atom is 0.322 e. The van der Waals surface area contributed by atoms with Gasteiger partial charge in [-0.05, 0) is 12.8 Å². The molecule has 2 fully saturated rings. The Kier molecular flexibility index (Phi) is 3.41. The molecule has 0 aliphatic carbocycles. The highest BCUT2D eigenvalue weighted by atomic mass is 16.2. The molecule has 1 spiro atoms. The average Bonchev–Trinajstić information content (AvgIpc) is 2.62. The minimum atomic E-state index is -0.873. The average molecular weight is 268 g/mol. The topological polar surface area (TPSA) is 108 Å². The first-order valence-corrected chi connectivity index (χ1v) is 6.09. The number of carbonyl (C=O) groups is 4. The summed E-state index contributed by atoms with van der Waals surface area (Å²) in [6, 6.07) is -0.483. The van der Waals surface area contributed by atoms with Crippen molar-refractivity contribution in [2.24, 2.45) is 0 Å². The normalized spacial score (nSPS) is 21.0. The first-order valence-electron chi connectivity index (χ1n) is 6.09. The van der Waals surface area contributed by atoms with Crippen molar-refractivity contribution in [2.45, 2.75) is 25.3 Å². The fourth-order valence-electron chi connectivity index (χ4n) is 2.33. The molecule has 2 rings (SSSR count). The van der Waals surface area contributed by atoms with Gasteiger partial charge in [0.25, 0.3) is 5.91 Å². The van der Waals surface area contributed by atoms with Gasteiger partial charge in [0.2, 0.25) is 11.8 Å². The highest BCUT2D eigenvalue weighted by Crippen LogP contribution is 2.25. The predicted molar refractivity (Wildman–Crippen MR) is 63.9 cm³/mol. The van der Waals surface area contributed by atoms with E-state index >= 15 is 0 Å². The van der Waals surface area contributed by atoms with Crippen LogP contribution in [0.3, 0.4) is 0 Å². The van der Waals surface area contributed by atoms with Gasteiger partial charge in [0.1, 0.15) is 5.54 Å². The van der Waals surface area contributed by atoms with E-state index in [1.54, 1.807) is 4.90 Å². The van der Waals surface area contributed by atoms with Crippen molar-refractivity contribution >= 4 is 23.8 Å². The molecular formula is C11H16N4O4. The van der Waals surface area contributed by atoms with Crippen LogP contribution in [0.1, 0.15) is 19.8 Å². The van der Waals surface area contributed by atoms with Gasteiger partial charge in [-0.25, -0.2) is 4.79 Å². The summed E-state index contributed by atoms with van der Waals surface area (Å²) in [4.78, 5) is 46.9. The Morgan fingerprint density at radius 3 is 2.42 bits per heavy atom. The lowest BCUT2D eigenvalue weighted by molar-refractivity contribution is -0.136. The van der Waals surface area contributed by atoms with E-state index in [-0.39, 0.29) is 24.3 Å². The number of nitrogens with one attached hydrogen (secondary N) is 3. The molecule has 8 heteroatoms. The van der Waals surface area contributed by atoms with Gasteiger partial charge in [0.15, 0.2) is 0 Å². The summed E-state index contributed by atoms with van der Waals surface area (Å²) in [5, 5.41) is 7.27. The molecule has 19 heavy (non-hydrogen) atoms. The van der Waals surface area contributed by atoms with Gasteiger partial charge in [0.05, 0.1) is 6.54 Å². The minimum absolute atomic E-state index is 0.0408. The molecule has 0 aromatic rings. The zero-order chi connectivity index (χ0) is 14.0. The molecule has 2 heterocycles. The molecule has 0 unspecified atom stereocenters. The first-order chi connectivity index (χ1) is 8.93. The summed E-state index contributed by atoms with van der Waals surface area (Å²) in [6.07, 6.45) is 0.771. The first kappa shape index (κ1) is 13.3. The van der Waals surface area contributed by atoms with Crippen LogP contribution in [0.2, 0.25) is 0 Å². The molecule has 0 radical (unpaired) electrons. The number of rotatable bonds is 2. The zero-order valence-corrected chi connectivity index (χ0v) is 10.6. The molecule has 2 aliphatic heterocycles. The van der Waals surface area contributed by atoms with Gasteiger partial charge < -0.3 is 15.5 Å². The Labute approximate surface area is 109 Å². The number of hydrogen-bond acceptors (Lipinski definition) is 4.